The maximum absolute atomic E-state index is 6.31. The molecule has 2 aromatic rings. The van der Waals surface area contributed by atoms with Gasteiger partial charge in [-0.15, -0.1) is 0 Å². The van der Waals surface area contributed by atoms with Crippen molar-refractivity contribution >= 4 is 11.1 Å². The first-order valence-corrected chi connectivity index (χ1v) is 7.34. The van der Waals surface area contributed by atoms with Gasteiger partial charge in [-0.2, -0.15) is 0 Å². The van der Waals surface area contributed by atoms with Crippen LogP contribution < -0.4 is 5.73 Å². The summed E-state index contributed by atoms with van der Waals surface area (Å²) in [5, 5.41) is 0. The Kier molecular flexibility index (Phi) is 3.70. The van der Waals surface area contributed by atoms with E-state index in [0.717, 1.165) is 12.8 Å². The van der Waals surface area contributed by atoms with Gasteiger partial charge in [-0.1, -0.05) is 67.6 Å². The van der Waals surface area contributed by atoms with Gasteiger partial charge in [-0.05, 0) is 41.0 Å². The van der Waals surface area contributed by atoms with Crippen molar-refractivity contribution in [3.63, 3.8) is 0 Å². The van der Waals surface area contributed by atoms with Gasteiger partial charge in [-0.25, -0.2) is 0 Å². The summed E-state index contributed by atoms with van der Waals surface area (Å²) in [7, 11) is 0. The first-order chi connectivity index (χ1) is 9.75. The summed E-state index contributed by atoms with van der Waals surface area (Å²) < 4.78 is 0. The van der Waals surface area contributed by atoms with Crippen molar-refractivity contribution in [1.29, 1.82) is 0 Å². The normalized spacial score (nSPS) is 22.9. The molecule has 1 aliphatic rings. The maximum atomic E-state index is 6.31. The van der Waals surface area contributed by atoms with E-state index in [0.29, 0.717) is 5.92 Å². The van der Waals surface area contributed by atoms with E-state index in [9.17, 15) is 0 Å². The van der Waals surface area contributed by atoms with Gasteiger partial charge in [0.05, 0.1) is 0 Å². The molecule has 3 rings (SSSR count). The fourth-order valence-electron chi connectivity index (χ4n) is 3.02. The lowest BCUT2D eigenvalue weighted by Crippen LogP contribution is -2.31. The minimum absolute atomic E-state index is 0.262. The van der Waals surface area contributed by atoms with Crippen molar-refractivity contribution in [2.75, 3.05) is 0 Å². The van der Waals surface area contributed by atoms with Crippen molar-refractivity contribution in [2.24, 2.45) is 11.7 Å². The largest absolute Gasteiger partial charge is 0.327 e. The van der Waals surface area contributed by atoms with Gasteiger partial charge < -0.3 is 5.73 Å². The molecule has 0 bridgehead atoms. The fraction of sp³-hybridized carbons (Fsp3) is 0.263. The van der Waals surface area contributed by atoms with E-state index in [-0.39, 0.29) is 6.04 Å². The molecule has 2 atom stereocenters. The van der Waals surface area contributed by atoms with Crippen LogP contribution in [0.25, 0.3) is 11.1 Å². The SMILES string of the molecule is CC1CC(c2ccccc2)=C(c2ccccc2)C[C@H]1N. The second-order valence-electron chi connectivity index (χ2n) is 5.74. The van der Waals surface area contributed by atoms with Crippen LogP contribution in [0.5, 0.6) is 0 Å². The lowest BCUT2D eigenvalue weighted by molar-refractivity contribution is 0.460. The van der Waals surface area contributed by atoms with Gasteiger partial charge in [0.2, 0.25) is 0 Å². The van der Waals surface area contributed by atoms with Crippen LogP contribution in [-0.4, -0.2) is 6.04 Å². The van der Waals surface area contributed by atoms with Gasteiger partial charge in [0, 0.05) is 6.04 Å². The van der Waals surface area contributed by atoms with Gasteiger partial charge in [0.25, 0.3) is 0 Å². The Bertz CT molecular complexity index is 543. The first-order valence-electron chi connectivity index (χ1n) is 7.34. The molecule has 20 heavy (non-hydrogen) atoms. The molecule has 0 aliphatic heterocycles. The molecule has 1 aliphatic carbocycles. The van der Waals surface area contributed by atoms with Crippen LogP contribution in [0.1, 0.15) is 30.9 Å². The molecule has 0 radical (unpaired) electrons. The van der Waals surface area contributed by atoms with Crippen molar-refractivity contribution in [2.45, 2.75) is 25.8 Å². The van der Waals surface area contributed by atoms with Crippen molar-refractivity contribution in [3.8, 4) is 0 Å². The molecule has 0 fully saturated rings. The van der Waals surface area contributed by atoms with Gasteiger partial charge in [-0.3, -0.25) is 0 Å². The topological polar surface area (TPSA) is 26.0 Å². The van der Waals surface area contributed by atoms with Gasteiger partial charge in [0.15, 0.2) is 0 Å². The number of allylic oxidation sites excluding steroid dienone is 1. The quantitative estimate of drug-likeness (QED) is 0.856. The molecule has 2 aromatic carbocycles. The Hall–Kier alpha value is -1.86. The van der Waals surface area contributed by atoms with E-state index in [2.05, 4.69) is 67.6 Å². The van der Waals surface area contributed by atoms with Crippen LogP contribution in [-0.2, 0) is 0 Å². The highest BCUT2D eigenvalue weighted by molar-refractivity contribution is 5.92. The first kappa shape index (κ1) is 13.1. The molecule has 0 aromatic heterocycles. The highest BCUT2D eigenvalue weighted by Crippen LogP contribution is 2.39. The van der Waals surface area contributed by atoms with Crippen LogP contribution in [0.15, 0.2) is 60.7 Å². The summed E-state index contributed by atoms with van der Waals surface area (Å²) in [6.45, 7) is 2.26. The number of hydrogen-bond acceptors (Lipinski definition) is 1. The molecule has 0 amide bonds. The zero-order chi connectivity index (χ0) is 13.9. The lowest BCUT2D eigenvalue weighted by Gasteiger charge is -2.31. The average Bonchev–Trinajstić information content (AvgIpc) is 2.51. The Morgan fingerprint density at radius 1 is 0.750 bits per heavy atom. The molecule has 1 unspecified atom stereocenters. The number of nitrogens with two attached hydrogens (primary N) is 1. The highest BCUT2D eigenvalue weighted by atomic mass is 14.7. The van der Waals surface area contributed by atoms with Crippen LogP contribution >= 0.6 is 0 Å². The lowest BCUT2D eigenvalue weighted by atomic mass is 9.77. The monoisotopic (exact) mass is 263 g/mol. The molecule has 2 N–H and O–H groups in total. The van der Waals surface area contributed by atoms with E-state index < -0.39 is 0 Å². The average molecular weight is 263 g/mol. The predicted molar refractivity (Wildman–Crippen MR) is 86.1 cm³/mol. The summed E-state index contributed by atoms with van der Waals surface area (Å²) in [5.74, 6) is 0.540. The third-order valence-electron chi connectivity index (χ3n) is 4.31. The van der Waals surface area contributed by atoms with Crippen molar-refractivity contribution in [1.82, 2.24) is 0 Å². The predicted octanol–water partition coefficient (Wildman–Crippen LogP) is 4.35. The molecule has 0 saturated heterocycles. The number of rotatable bonds is 2. The van der Waals surface area contributed by atoms with E-state index in [1.807, 2.05) is 0 Å². The molecular formula is C19H21N. The van der Waals surface area contributed by atoms with E-state index in [1.54, 1.807) is 0 Å². The van der Waals surface area contributed by atoms with Gasteiger partial charge >= 0.3 is 0 Å². The summed E-state index contributed by atoms with van der Waals surface area (Å²) >= 11 is 0. The molecule has 1 nitrogen and oxygen atoms in total. The second-order valence-corrected chi connectivity index (χ2v) is 5.74. The second kappa shape index (κ2) is 5.64. The molecular weight excluding hydrogens is 242 g/mol. The molecule has 102 valence electrons. The van der Waals surface area contributed by atoms with Crippen molar-refractivity contribution in [3.05, 3.63) is 71.8 Å². The number of hydrogen-bond donors (Lipinski definition) is 1. The van der Waals surface area contributed by atoms with E-state index in [1.165, 1.54) is 22.3 Å². The minimum Gasteiger partial charge on any atom is -0.327 e. The van der Waals surface area contributed by atoms with Crippen LogP contribution in [0.2, 0.25) is 0 Å². The van der Waals surface area contributed by atoms with Crippen LogP contribution in [0.3, 0.4) is 0 Å². The summed E-state index contributed by atoms with van der Waals surface area (Å²) in [6.07, 6.45) is 2.03. The zero-order valence-electron chi connectivity index (χ0n) is 11.9. The van der Waals surface area contributed by atoms with Crippen LogP contribution in [0.4, 0.5) is 0 Å². The van der Waals surface area contributed by atoms with Crippen molar-refractivity contribution < 1.29 is 0 Å². The summed E-state index contributed by atoms with van der Waals surface area (Å²) in [5.41, 5.74) is 11.8. The molecule has 0 spiro atoms. The highest BCUT2D eigenvalue weighted by Gasteiger charge is 2.25. The Morgan fingerprint density at radius 2 is 1.20 bits per heavy atom. The zero-order valence-corrected chi connectivity index (χ0v) is 11.9. The summed E-state index contributed by atoms with van der Waals surface area (Å²) in [4.78, 5) is 0. The molecule has 0 saturated carbocycles. The minimum atomic E-state index is 0.262. The summed E-state index contributed by atoms with van der Waals surface area (Å²) in [6, 6.07) is 21.7. The maximum Gasteiger partial charge on any atom is 0.0109 e. The third-order valence-corrected chi connectivity index (χ3v) is 4.31. The molecule has 0 heterocycles. The molecule has 1 heteroatoms. The Morgan fingerprint density at radius 3 is 1.70 bits per heavy atom. The Labute approximate surface area is 121 Å². The third kappa shape index (κ3) is 2.54. The Balaban J connectivity index is 2.12. The smallest absolute Gasteiger partial charge is 0.0109 e. The number of benzene rings is 2. The van der Waals surface area contributed by atoms with Crippen LogP contribution in [0, 0.1) is 5.92 Å². The van der Waals surface area contributed by atoms with Gasteiger partial charge in [0.1, 0.15) is 0 Å². The fourth-order valence-corrected chi connectivity index (χ4v) is 3.02. The van der Waals surface area contributed by atoms with E-state index >= 15 is 0 Å². The standard InChI is InChI=1S/C19H21N/c1-14-12-17(15-8-4-2-5-9-15)18(13-19(14)20)16-10-6-3-7-11-16/h2-11,14,19H,12-13,20H2,1H3/t14?,19-/m1/s1. The van der Waals surface area contributed by atoms with E-state index in [4.69, 9.17) is 5.73 Å².